The first kappa shape index (κ1) is 24.5. The number of ketones is 2. The molecule has 11 heteroatoms. The van der Waals surface area contributed by atoms with Crippen LogP contribution in [0.1, 0.15) is 83.4 Å². The maximum absolute atomic E-state index is 13.5. The molecule has 198 valence electrons. The lowest BCUT2D eigenvalue weighted by molar-refractivity contribution is -0.299. The topological polar surface area (TPSA) is 169 Å². The van der Waals surface area contributed by atoms with Gasteiger partial charge in [-0.05, 0) is 26.2 Å². The van der Waals surface area contributed by atoms with E-state index in [1.165, 1.54) is 0 Å². The fourth-order valence-electron chi connectivity index (χ4n) is 6.41. The Kier molecular flexibility index (Phi) is 5.70. The summed E-state index contributed by atoms with van der Waals surface area (Å²) in [5, 5.41) is 43.9. The van der Waals surface area contributed by atoms with Crippen LogP contribution in [0.2, 0.25) is 0 Å². The number of phenols is 2. The van der Waals surface area contributed by atoms with Crippen molar-refractivity contribution in [3.05, 3.63) is 33.4 Å². The first-order valence-corrected chi connectivity index (χ1v) is 12.5. The van der Waals surface area contributed by atoms with Gasteiger partial charge in [-0.15, -0.1) is 0 Å². The Bertz CT molecular complexity index is 1240. The highest BCUT2D eigenvalue weighted by atomic mass is 16.7. The molecule has 37 heavy (non-hydrogen) atoms. The number of aliphatic hydroxyl groups is 1. The number of hydrogen-bond donors (Lipinski definition) is 4. The number of ether oxygens (including phenoxy) is 4. The third-order valence-corrected chi connectivity index (χ3v) is 8.23. The summed E-state index contributed by atoms with van der Waals surface area (Å²) in [6.07, 6.45) is -1.70. The lowest BCUT2D eigenvalue weighted by atomic mass is 9.66. The SMILES string of the molecule is CC1OC2CC(O[C@H]3CCCCO3)C1(O)c1c(O)c3c(c(O)c12)C(=O)C1=C(CO[C@H](CC(=O)O)C1)C3=O. The molecule has 2 saturated heterocycles. The number of carboxylic acids is 1. The van der Waals surface area contributed by atoms with Gasteiger partial charge in [-0.25, -0.2) is 0 Å². The van der Waals surface area contributed by atoms with E-state index in [4.69, 9.17) is 24.1 Å². The van der Waals surface area contributed by atoms with Crippen LogP contribution in [0.5, 0.6) is 11.5 Å². The van der Waals surface area contributed by atoms with Crippen molar-refractivity contribution in [2.45, 2.75) is 81.8 Å². The minimum Gasteiger partial charge on any atom is -0.507 e. The van der Waals surface area contributed by atoms with Crippen molar-refractivity contribution < 1.29 is 53.8 Å². The number of carbonyl (C=O) groups is 3. The van der Waals surface area contributed by atoms with Gasteiger partial charge in [-0.1, -0.05) is 0 Å². The van der Waals surface area contributed by atoms with E-state index in [9.17, 15) is 29.7 Å². The van der Waals surface area contributed by atoms with Gasteiger partial charge in [0, 0.05) is 41.7 Å². The second-order valence-corrected chi connectivity index (χ2v) is 10.3. The lowest BCUT2D eigenvalue weighted by Crippen LogP contribution is -2.60. The molecule has 1 aromatic rings. The highest BCUT2D eigenvalue weighted by Crippen LogP contribution is 2.60. The van der Waals surface area contributed by atoms with Gasteiger partial charge >= 0.3 is 5.97 Å². The fourth-order valence-corrected chi connectivity index (χ4v) is 6.41. The van der Waals surface area contributed by atoms with Crippen molar-refractivity contribution in [1.29, 1.82) is 0 Å². The van der Waals surface area contributed by atoms with E-state index in [2.05, 4.69) is 0 Å². The van der Waals surface area contributed by atoms with E-state index in [-0.39, 0.29) is 53.7 Å². The largest absolute Gasteiger partial charge is 0.507 e. The molecule has 0 radical (unpaired) electrons. The van der Waals surface area contributed by atoms with Crippen LogP contribution >= 0.6 is 0 Å². The molecule has 2 bridgehead atoms. The van der Waals surface area contributed by atoms with E-state index in [0.29, 0.717) is 13.0 Å². The van der Waals surface area contributed by atoms with Crippen LogP contribution in [-0.4, -0.2) is 75.8 Å². The molecule has 4 heterocycles. The average Bonchev–Trinajstić information content (AvgIpc) is 2.86. The number of benzene rings is 1. The van der Waals surface area contributed by atoms with Crippen LogP contribution < -0.4 is 0 Å². The number of hydrogen-bond acceptors (Lipinski definition) is 10. The van der Waals surface area contributed by atoms with Crippen LogP contribution in [0, 0.1) is 0 Å². The van der Waals surface area contributed by atoms with E-state index in [1.807, 2.05) is 0 Å². The molecule has 4 unspecified atom stereocenters. The summed E-state index contributed by atoms with van der Waals surface area (Å²) in [5.74, 6) is -3.62. The summed E-state index contributed by atoms with van der Waals surface area (Å²) in [6.45, 7) is 1.85. The van der Waals surface area contributed by atoms with Crippen LogP contribution in [0.3, 0.4) is 0 Å². The van der Waals surface area contributed by atoms with Gasteiger partial charge in [-0.2, -0.15) is 0 Å². The molecule has 4 aliphatic heterocycles. The summed E-state index contributed by atoms with van der Waals surface area (Å²) in [4.78, 5) is 38.2. The zero-order valence-electron chi connectivity index (χ0n) is 20.2. The number of aliphatic carboxylic acids is 1. The number of carbonyl (C=O) groups excluding carboxylic acids is 2. The second kappa shape index (κ2) is 8.60. The third kappa shape index (κ3) is 3.48. The predicted octanol–water partition coefficient (Wildman–Crippen LogP) is 2.00. The molecule has 4 N–H and O–H groups in total. The lowest BCUT2D eigenvalue weighted by Gasteiger charge is -2.54. The standard InChI is InChI=1S/C26H28O11/c1-10-26(33)15(37-17-4-2-3-5-34-17)8-14(36-10)18-21(26)25(32)20-19(24(18)31)22(29)12-6-11(7-16(27)28)35-9-13(12)23(20)30/h10-11,14-15,17,31-33H,2-9H2,1H3,(H,27,28)/t10?,11-,14?,15?,17-,26?/m0/s1. The van der Waals surface area contributed by atoms with Gasteiger partial charge in [0.15, 0.2) is 17.9 Å². The van der Waals surface area contributed by atoms with Crippen molar-refractivity contribution in [3.63, 3.8) is 0 Å². The number of rotatable bonds is 4. The van der Waals surface area contributed by atoms with E-state index < -0.39 is 70.9 Å². The quantitative estimate of drug-likeness (QED) is 0.432. The molecule has 7 rings (SSSR count). The van der Waals surface area contributed by atoms with E-state index in [0.717, 1.165) is 12.8 Å². The minimum atomic E-state index is -1.92. The average molecular weight is 516 g/mol. The molecule has 2 fully saturated rings. The van der Waals surface area contributed by atoms with Crippen molar-refractivity contribution in [2.24, 2.45) is 0 Å². The zero-order chi connectivity index (χ0) is 26.2. The summed E-state index contributed by atoms with van der Waals surface area (Å²) < 4.78 is 23.3. The fraction of sp³-hybridized carbons (Fsp3) is 0.577. The first-order chi connectivity index (χ1) is 17.6. The number of fused-ring (bicyclic) bond motifs is 3. The second-order valence-electron chi connectivity index (χ2n) is 10.3. The maximum atomic E-state index is 13.5. The first-order valence-electron chi connectivity index (χ1n) is 12.5. The third-order valence-electron chi connectivity index (χ3n) is 8.23. The number of phenolic OH excluding ortho intramolecular Hbond substituents is 2. The van der Waals surface area contributed by atoms with Gasteiger partial charge < -0.3 is 39.4 Å². The molecule has 1 aromatic carbocycles. The van der Waals surface area contributed by atoms with Gasteiger partial charge in [0.05, 0.1) is 48.6 Å². The highest BCUT2D eigenvalue weighted by molar-refractivity contribution is 6.29. The zero-order valence-corrected chi connectivity index (χ0v) is 20.2. The normalized spacial score (nSPS) is 34.7. The summed E-state index contributed by atoms with van der Waals surface area (Å²) in [5.41, 5.74) is -2.64. The molecule has 0 spiro atoms. The Balaban J connectivity index is 1.45. The summed E-state index contributed by atoms with van der Waals surface area (Å²) in [6, 6.07) is 0. The highest BCUT2D eigenvalue weighted by Gasteiger charge is 2.61. The van der Waals surface area contributed by atoms with Gasteiger partial charge in [0.2, 0.25) is 0 Å². The Morgan fingerprint density at radius 2 is 1.81 bits per heavy atom. The van der Waals surface area contributed by atoms with Gasteiger partial charge in [0.1, 0.15) is 17.1 Å². The van der Waals surface area contributed by atoms with E-state index in [1.54, 1.807) is 6.92 Å². The van der Waals surface area contributed by atoms with Crippen molar-refractivity contribution in [3.8, 4) is 11.5 Å². The Morgan fingerprint density at radius 3 is 2.51 bits per heavy atom. The minimum absolute atomic E-state index is 0.00875. The van der Waals surface area contributed by atoms with Crippen LogP contribution in [-0.2, 0) is 29.3 Å². The number of Topliss-reactive ketones (excluding diaryl/α,β-unsaturated/α-hetero) is 2. The van der Waals surface area contributed by atoms with Crippen molar-refractivity contribution in [2.75, 3.05) is 13.2 Å². The molecular weight excluding hydrogens is 488 g/mol. The Hall–Kier alpha value is -2.83. The molecule has 0 saturated carbocycles. The molecule has 0 amide bonds. The Morgan fingerprint density at radius 1 is 1.08 bits per heavy atom. The van der Waals surface area contributed by atoms with Crippen LogP contribution in [0.25, 0.3) is 0 Å². The number of aromatic hydroxyl groups is 2. The number of carboxylic acid groups (broad SMARTS) is 1. The van der Waals surface area contributed by atoms with Gasteiger partial charge in [0.25, 0.3) is 0 Å². The smallest absolute Gasteiger partial charge is 0.305 e. The Labute approximate surface area is 211 Å². The molecular formula is C26H28O11. The van der Waals surface area contributed by atoms with Crippen LogP contribution in [0.4, 0.5) is 0 Å². The predicted molar refractivity (Wildman–Crippen MR) is 122 cm³/mol. The molecule has 6 atom stereocenters. The molecule has 0 aromatic heterocycles. The summed E-state index contributed by atoms with van der Waals surface area (Å²) in [7, 11) is 0. The molecule has 6 aliphatic rings. The van der Waals surface area contributed by atoms with Crippen molar-refractivity contribution >= 4 is 17.5 Å². The monoisotopic (exact) mass is 516 g/mol. The van der Waals surface area contributed by atoms with Crippen LogP contribution in [0.15, 0.2) is 11.1 Å². The summed E-state index contributed by atoms with van der Waals surface area (Å²) >= 11 is 0. The van der Waals surface area contributed by atoms with Gasteiger partial charge in [-0.3, -0.25) is 14.4 Å². The van der Waals surface area contributed by atoms with Crippen molar-refractivity contribution in [1.82, 2.24) is 0 Å². The van der Waals surface area contributed by atoms with E-state index >= 15 is 0 Å². The molecule has 11 nitrogen and oxygen atoms in total. The molecule has 2 aliphatic carbocycles. The maximum Gasteiger partial charge on any atom is 0.305 e.